The van der Waals surface area contributed by atoms with Crippen molar-refractivity contribution in [3.63, 3.8) is 0 Å². The summed E-state index contributed by atoms with van der Waals surface area (Å²) in [5.74, 6) is 0.187. The van der Waals surface area contributed by atoms with Gasteiger partial charge in [-0.05, 0) is 25.5 Å². The number of aromatic nitrogens is 1. The molecule has 2 rings (SSSR count). The predicted molar refractivity (Wildman–Crippen MR) is 66.2 cm³/mol. The molecule has 1 saturated heterocycles. The molecule has 1 aromatic heterocycles. The number of carbonyl (C=O) groups is 1. The van der Waals surface area contributed by atoms with Crippen LogP contribution in [0.15, 0.2) is 18.3 Å². The molecule has 0 spiro atoms. The van der Waals surface area contributed by atoms with E-state index in [-0.39, 0.29) is 11.9 Å². The first kappa shape index (κ1) is 12.3. The number of nitrogens with zero attached hydrogens (tertiary/aromatic N) is 2. The minimum Gasteiger partial charge on any atom is -0.377 e. The van der Waals surface area contributed by atoms with Gasteiger partial charge in [0.05, 0.1) is 18.3 Å². The summed E-state index contributed by atoms with van der Waals surface area (Å²) in [7, 11) is 1.90. The molecular weight excluding hydrogens is 216 g/mol. The highest BCUT2D eigenvalue weighted by molar-refractivity contribution is 5.96. The lowest BCUT2D eigenvalue weighted by Crippen LogP contribution is -2.35. The Kier molecular flexibility index (Phi) is 3.97. The molecule has 1 atom stereocenters. The van der Waals surface area contributed by atoms with Crippen LogP contribution in [0.25, 0.3) is 0 Å². The van der Waals surface area contributed by atoms with E-state index in [0.717, 1.165) is 31.8 Å². The number of rotatable bonds is 3. The maximum Gasteiger partial charge on any atom is 0.193 e. The Labute approximate surface area is 102 Å². The molecular formula is C13H20N2O2. The molecule has 4 nitrogen and oxygen atoms in total. The average Bonchev–Trinajstić information content (AvgIpc) is 2.60. The molecule has 1 unspecified atom stereocenters. The molecule has 1 fully saturated rings. The van der Waals surface area contributed by atoms with Crippen molar-refractivity contribution in [2.45, 2.75) is 19.4 Å². The van der Waals surface area contributed by atoms with Gasteiger partial charge in [-0.2, -0.15) is 0 Å². The fourth-order valence-corrected chi connectivity index (χ4v) is 2.26. The molecule has 17 heavy (non-hydrogen) atoms. The third-order valence-corrected chi connectivity index (χ3v) is 3.13. The summed E-state index contributed by atoms with van der Waals surface area (Å²) in [4.78, 5) is 14.3. The van der Waals surface area contributed by atoms with Crippen LogP contribution in [0.4, 0.5) is 0 Å². The van der Waals surface area contributed by atoms with Crippen LogP contribution in [0.1, 0.15) is 23.8 Å². The van der Waals surface area contributed by atoms with Crippen molar-refractivity contribution >= 4 is 5.78 Å². The minimum atomic E-state index is 0.187. The molecule has 0 radical (unpaired) electrons. The highest BCUT2D eigenvalue weighted by Gasteiger charge is 2.19. The smallest absolute Gasteiger partial charge is 0.193 e. The van der Waals surface area contributed by atoms with Gasteiger partial charge in [-0.3, -0.25) is 9.69 Å². The van der Waals surface area contributed by atoms with Gasteiger partial charge in [0, 0.05) is 32.9 Å². The van der Waals surface area contributed by atoms with Crippen molar-refractivity contribution in [1.82, 2.24) is 9.47 Å². The lowest BCUT2D eigenvalue weighted by atomic mass is 10.2. The first-order chi connectivity index (χ1) is 8.16. The normalized spacial score (nSPS) is 22.4. The van der Waals surface area contributed by atoms with Crippen LogP contribution in [0.5, 0.6) is 0 Å². The zero-order valence-electron chi connectivity index (χ0n) is 10.6. The van der Waals surface area contributed by atoms with Crippen LogP contribution in [-0.2, 0) is 11.8 Å². The highest BCUT2D eigenvalue weighted by atomic mass is 16.5. The molecule has 94 valence electrons. The standard InChI is InChI=1S/C13H20N2O2/c1-11-9-15(7-4-8-17-11)10-13(16)12-5-3-6-14(12)2/h3,5-6,11H,4,7-10H2,1-2H3. The van der Waals surface area contributed by atoms with E-state index >= 15 is 0 Å². The number of ether oxygens (including phenoxy) is 1. The van der Waals surface area contributed by atoms with Crippen molar-refractivity contribution in [2.24, 2.45) is 7.05 Å². The monoisotopic (exact) mass is 236 g/mol. The Morgan fingerprint density at radius 1 is 1.59 bits per heavy atom. The summed E-state index contributed by atoms with van der Waals surface area (Å²) in [5.41, 5.74) is 0.780. The Balaban J connectivity index is 1.96. The van der Waals surface area contributed by atoms with Crippen molar-refractivity contribution in [2.75, 3.05) is 26.2 Å². The summed E-state index contributed by atoms with van der Waals surface area (Å²) in [6.07, 6.45) is 3.13. The number of aryl methyl sites for hydroxylation is 1. The first-order valence-electron chi connectivity index (χ1n) is 6.15. The summed E-state index contributed by atoms with van der Waals surface area (Å²) in [5, 5.41) is 0. The van der Waals surface area contributed by atoms with Crippen molar-refractivity contribution in [3.05, 3.63) is 24.0 Å². The quantitative estimate of drug-likeness (QED) is 0.742. The van der Waals surface area contributed by atoms with E-state index in [0.29, 0.717) is 6.54 Å². The molecule has 0 aliphatic carbocycles. The van der Waals surface area contributed by atoms with Crippen LogP contribution < -0.4 is 0 Å². The lowest BCUT2D eigenvalue weighted by molar-refractivity contribution is 0.0655. The molecule has 4 heteroatoms. The van der Waals surface area contributed by atoms with Gasteiger partial charge in [0.1, 0.15) is 0 Å². The zero-order chi connectivity index (χ0) is 12.3. The van der Waals surface area contributed by atoms with E-state index in [2.05, 4.69) is 11.8 Å². The number of ketones is 1. The lowest BCUT2D eigenvalue weighted by Gasteiger charge is -2.20. The predicted octanol–water partition coefficient (Wildman–Crippen LogP) is 1.32. The highest BCUT2D eigenvalue weighted by Crippen LogP contribution is 2.08. The molecule has 1 aliphatic heterocycles. The maximum absolute atomic E-state index is 12.1. The second-order valence-corrected chi connectivity index (χ2v) is 4.70. The summed E-state index contributed by atoms with van der Waals surface area (Å²) in [6, 6.07) is 3.78. The SMILES string of the molecule is CC1CN(CC(=O)c2cccn2C)CCCO1. The van der Waals surface area contributed by atoms with Gasteiger partial charge in [0.15, 0.2) is 5.78 Å². The van der Waals surface area contributed by atoms with E-state index in [1.807, 2.05) is 29.9 Å². The van der Waals surface area contributed by atoms with Crippen LogP contribution in [0.3, 0.4) is 0 Å². The number of carbonyl (C=O) groups excluding carboxylic acids is 1. The molecule has 1 aromatic rings. The van der Waals surface area contributed by atoms with Gasteiger partial charge in [-0.15, -0.1) is 0 Å². The fourth-order valence-electron chi connectivity index (χ4n) is 2.26. The third-order valence-electron chi connectivity index (χ3n) is 3.13. The number of hydrogen-bond acceptors (Lipinski definition) is 3. The summed E-state index contributed by atoms with van der Waals surface area (Å²) in [6.45, 7) is 5.14. The van der Waals surface area contributed by atoms with E-state index in [1.54, 1.807) is 0 Å². The Hall–Kier alpha value is -1.13. The molecule has 0 amide bonds. The van der Waals surface area contributed by atoms with E-state index in [4.69, 9.17) is 4.74 Å². The van der Waals surface area contributed by atoms with Crippen LogP contribution in [0.2, 0.25) is 0 Å². The maximum atomic E-state index is 12.1. The van der Waals surface area contributed by atoms with Crippen LogP contribution in [-0.4, -0.2) is 47.6 Å². The van der Waals surface area contributed by atoms with Gasteiger partial charge in [-0.25, -0.2) is 0 Å². The van der Waals surface area contributed by atoms with E-state index in [9.17, 15) is 4.79 Å². The van der Waals surface area contributed by atoms with Crippen LogP contribution in [0, 0.1) is 0 Å². The first-order valence-corrected chi connectivity index (χ1v) is 6.15. The molecule has 0 bridgehead atoms. The van der Waals surface area contributed by atoms with Gasteiger partial charge in [0.25, 0.3) is 0 Å². The Morgan fingerprint density at radius 2 is 2.41 bits per heavy atom. The average molecular weight is 236 g/mol. The van der Waals surface area contributed by atoms with Crippen molar-refractivity contribution in [1.29, 1.82) is 0 Å². The van der Waals surface area contributed by atoms with Gasteiger partial charge in [-0.1, -0.05) is 0 Å². The molecule has 0 saturated carbocycles. The largest absolute Gasteiger partial charge is 0.377 e. The Bertz CT molecular complexity index is 387. The minimum absolute atomic E-state index is 0.187. The topological polar surface area (TPSA) is 34.5 Å². The third kappa shape index (κ3) is 3.17. The number of Topliss-reactive ketones (excluding diaryl/α,β-unsaturated/α-hetero) is 1. The van der Waals surface area contributed by atoms with E-state index in [1.165, 1.54) is 0 Å². The molecule has 0 aromatic carbocycles. The van der Waals surface area contributed by atoms with Gasteiger partial charge in [0.2, 0.25) is 0 Å². The Morgan fingerprint density at radius 3 is 3.12 bits per heavy atom. The molecule has 0 N–H and O–H groups in total. The van der Waals surface area contributed by atoms with Crippen molar-refractivity contribution in [3.8, 4) is 0 Å². The second-order valence-electron chi connectivity index (χ2n) is 4.70. The summed E-state index contributed by atoms with van der Waals surface area (Å²) >= 11 is 0. The molecule has 2 heterocycles. The zero-order valence-corrected chi connectivity index (χ0v) is 10.6. The van der Waals surface area contributed by atoms with Gasteiger partial charge >= 0.3 is 0 Å². The van der Waals surface area contributed by atoms with Crippen LogP contribution >= 0.6 is 0 Å². The van der Waals surface area contributed by atoms with E-state index < -0.39 is 0 Å². The second kappa shape index (κ2) is 5.47. The number of hydrogen-bond donors (Lipinski definition) is 0. The molecule has 1 aliphatic rings. The fraction of sp³-hybridized carbons (Fsp3) is 0.615. The van der Waals surface area contributed by atoms with Gasteiger partial charge < -0.3 is 9.30 Å². The van der Waals surface area contributed by atoms with Crippen molar-refractivity contribution < 1.29 is 9.53 Å². The summed E-state index contributed by atoms with van der Waals surface area (Å²) < 4.78 is 7.45.